The summed E-state index contributed by atoms with van der Waals surface area (Å²) < 4.78 is 0. The lowest BCUT2D eigenvalue weighted by atomic mass is 9.85. The van der Waals surface area contributed by atoms with Gasteiger partial charge in [-0.1, -0.05) is 20.8 Å². The number of hydrogen-bond donors (Lipinski definition) is 1. The lowest BCUT2D eigenvalue weighted by Crippen LogP contribution is -2.55. The van der Waals surface area contributed by atoms with Gasteiger partial charge in [-0.25, -0.2) is 0 Å². The third-order valence-corrected chi connectivity index (χ3v) is 3.22. The Morgan fingerprint density at radius 2 is 2.18 bits per heavy atom. The van der Waals surface area contributed by atoms with Gasteiger partial charge in [0.25, 0.3) is 0 Å². The summed E-state index contributed by atoms with van der Waals surface area (Å²) in [5, 5.41) is 15.7. The highest BCUT2D eigenvalue weighted by molar-refractivity contribution is 4.89. The highest BCUT2D eigenvalue weighted by atomic mass is 15.6. The van der Waals surface area contributed by atoms with Crippen molar-refractivity contribution in [2.24, 2.45) is 12.5 Å². The maximum absolute atomic E-state index is 4.22. The van der Waals surface area contributed by atoms with Crippen molar-refractivity contribution in [3.8, 4) is 0 Å². The Morgan fingerprint density at radius 1 is 1.41 bits per heavy atom. The molecular formula is C11H22N6. The molecule has 96 valence electrons. The van der Waals surface area contributed by atoms with Crippen LogP contribution in [0.3, 0.4) is 0 Å². The standard InChI is InChI=1S/C11H22N6/c1-11(2,3)9-7-17(6-5-12-9)8-10-13-15-16(4)14-10/h9,12H,5-8H2,1-4H3. The summed E-state index contributed by atoms with van der Waals surface area (Å²) in [5.41, 5.74) is 0.286. The van der Waals surface area contributed by atoms with E-state index in [1.807, 2.05) is 0 Å². The average Bonchev–Trinajstić information content (AvgIpc) is 2.63. The first-order chi connectivity index (χ1) is 7.95. The van der Waals surface area contributed by atoms with Crippen LogP contribution in [0.4, 0.5) is 0 Å². The molecule has 6 nitrogen and oxygen atoms in total. The second-order valence-electron chi connectivity index (χ2n) is 5.80. The van der Waals surface area contributed by atoms with Gasteiger partial charge in [-0.3, -0.25) is 4.90 Å². The number of nitrogens with one attached hydrogen (secondary N) is 1. The molecule has 1 aromatic heterocycles. The number of tetrazole rings is 1. The molecule has 1 unspecified atom stereocenters. The summed E-state index contributed by atoms with van der Waals surface area (Å²) in [6, 6.07) is 0.521. The van der Waals surface area contributed by atoms with E-state index in [4.69, 9.17) is 0 Å². The first kappa shape index (κ1) is 12.4. The van der Waals surface area contributed by atoms with Crippen LogP contribution in [0.25, 0.3) is 0 Å². The van der Waals surface area contributed by atoms with Crippen LogP contribution < -0.4 is 5.32 Å². The molecule has 1 aromatic rings. The SMILES string of the molecule is Cn1nnc(CN2CCNC(C(C)(C)C)C2)n1. The first-order valence-electron chi connectivity index (χ1n) is 6.14. The highest BCUT2D eigenvalue weighted by Crippen LogP contribution is 2.22. The molecular weight excluding hydrogens is 216 g/mol. The molecule has 1 N–H and O–H groups in total. The van der Waals surface area contributed by atoms with E-state index in [9.17, 15) is 0 Å². The second-order valence-corrected chi connectivity index (χ2v) is 5.80. The molecule has 0 radical (unpaired) electrons. The predicted octanol–water partition coefficient (Wildman–Crippen LogP) is 0.0300. The first-order valence-corrected chi connectivity index (χ1v) is 6.14. The third-order valence-electron chi connectivity index (χ3n) is 3.22. The van der Waals surface area contributed by atoms with Gasteiger partial charge in [-0.15, -0.1) is 10.2 Å². The summed E-state index contributed by atoms with van der Waals surface area (Å²) in [5.74, 6) is 0.807. The fourth-order valence-corrected chi connectivity index (χ4v) is 2.12. The van der Waals surface area contributed by atoms with Gasteiger partial charge in [0.2, 0.25) is 0 Å². The molecule has 1 saturated heterocycles. The molecule has 2 heterocycles. The summed E-state index contributed by atoms with van der Waals surface area (Å²) in [6.07, 6.45) is 0. The number of piperazine rings is 1. The van der Waals surface area contributed by atoms with E-state index in [0.717, 1.165) is 32.0 Å². The zero-order chi connectivity index (χ0) is 12.5. The lowest BCUT2D eigenvalue weighted by molar-refractivity contribution is 0.127. The lowest BCUT2D eigenvalue weighted by Gasteiger charge is -2.40. The largest absolute Gasteiger partial charge is 0.311 e. The van der Waals surface area contributed by atoms with E-state index in [0.29, 0.717) is 6.04 Å². The molecule has 0 amide bonds. The van der Waals surface area contributed by atoms with Crippen molar-refractivity contribution < 1.29 is 0 Å². The molecule has 1 aliphatic heterocycles. The van der Waals surface area contributed by atoms with Crippen molar-refractivity contribution in [2.75, 3.05) is 19.6 Å². The molecule has 0 spiro atoms. The van der Waals surface area contributed by atoms with E-state index in [-0.39, 0.29) is 5.41 Å². The Bertz CT molecular complexity index is 366. The van der Waals surface area contributed by atoms with Gasteiger partial charge in [-0.05, 0) is 10.6 Å². The van der Waals surface area contributed by atoms with E-state index >= 15 is 0 Å². The van der Waals surface area contributed by atoms with E-state index < -0.39 is 0 Å². The molecule has 0 aromatic carbocycles. The zero-order valence-corrected chi connectivity index (χ0v) is 11.1. The topological polar surface area (TPSA) is 58.9 Å². The van der Waals surface area contributed by atoms with Crippen LogP contribution in [0.5, 0.6) is 0 Å². The van der Waals surface area contributed by atoms with Crippen molar-refractivity contribution in [1.82, 2.24) is 30.4 Å². The molecule has 1 aliphatic rings. The summed E-state index contributed by atoms with van der Waals surface area (Å²) in [4.78, 5) is 3.90. The van der Waals surface area contributed by atoms with Gasteiger partial charge >= 0.3 is 0 Å². The van der Waals surface area contributed by atoms with Gasteiger partial charge in [0, 0.05) is 25.7 Å². The van der Waals surface area contributed by atoms with Gasteiger partial charge in [0.1, 0.15) is 0 Å². The smallest absolute Gasteiger partial charge is 0.188 e. The van der Waals surface area contributed by atoms with Crippen LogP contribution in [-0.2, 0) is 13.6 Å². The van der Waals surface area contributed by atoms with Crippen LogP contribution in [0.2, 0.25) is 0 Å². The van der Waals surface area contributed by atoms with Crippen LogP contribution in [0.15, 0.2) is 0 Å². The van der Waals surface area contributed by atoms with Gasteiger partial charge < -0.3 is 5.32 Å². The minimum atomic E-state index is 0.286. The molecule has 1 atom stereocenters. The minimum Gasteiger partial charge on any atom is -0.311 e. The number of aromatic nitrogens is 4. The quantitative estimate of drug-likeness (QED) is 0.788. The Labute approximate surface area is 102 Å². The van der Waals surface area contributed by atoms with Crippen molar-refractivity contribution >= 4 is 0 Å². The Morgan fingerprint density at radius 3 is 2.76 bits per heavy atom. The summed E-state index contributed by atoms with van der Waals surface area (Å²) >= 11 is 0. The van der Waals surface area contributed by atoms with E-state index in [2.05, 4.69) is 46.4 Å². The summed E-state index contributed by atoms with van der Waals surface area (Å²) in [6.45, 7) is 10.7. The van der Waals surface area contributed by atoms with Crippen LogP contribution >= 0.6 is 0 Å². The normalized spacial score (nSPS) is 22.9. The van der Waals surface area contributed by atoms with Crippen LogP contribution in [0.1, 0.15) is 26.6 Å². The summed E-state index contributed by atoms with van der Waals surface area (Å²) in [7, 11) is 1.80. The molecule has 1 fully saturated rings. The van der Waals surface area contributed by atoms with Gasteiger partial charge in [-0.2, -0.15) is 4.80 Å². The van der Waals surface area contributed by atoms with Crippen molar-refractivity contribution in [3.63, 3.8) is 0 Å². The van der Waals surface area contributed by atoms with Crippen molar-refractivity contribution in [2.45, 2.75) is 33.4 Å². The molecule has 0 bridgehead atoms. The third kappa shape index (κ3) is 3.23. The number of aryl methyl sites for hydroxylation is 1. The van der Waals surface area contributed by atoms with Crippen molar-refractivity contribution in [1.29, 1.82) is 0 Å². The highest BCUT2D eigenvalue weighted by Gasteiger charge is 2.29. The van der Waals surface area contributed by atoms with Gasteiger partial charge in [0.05, 0.1) is 13.6 Å². The Kier molecular flexibility index (Phi) is 3.44. The fraction of sp³-hybridized carbons (Fsp3) is 0.909. The Balaban J connectivity index is 1.94. The fourth-order valence-electron chi connectivity index (χ4n) is 2.12. The van der Waals surface area contributed by atoms with Gasteiger partial charge in [0.15, 0.2) is 5.82 Å². The zero-order valence-electron chi connectivity index (χ0n) is 11.1. The maximum Gasteiger partial charge on any atom is 0.188 e. The predicted molar refractivity (Wildman–Crippen MR) is 65.3 cm³/mol. The molecule has 0 saturated carbocycles. The maximum atomic E-state index is 4.22. The average molecular weight is 238 g/mol. The monoisotopic (exact) mass is 238 g/mol. The molecule has 2 rings (SSSR count). The molecule has 6 heteroatoms. The second kappa shape index (κ2) is 4.70. The number of rotatable bonds is 2. The van der Waals surface area contributed by atoms with E-state index in [1.54, 1.807) is 7.05 Å². The molecule has 17 heavy (non-hydrogen) atoms. The molecule has 0 aliphatic carbocycles. The van der Waals surface area contributed by atoms with Crippen molar-refractivity contribution in [3.05, 3.63) is 5.82 Å². The van der Waals surface area contributed by atoms with Crippen LogP contribution in [-0.4, -0.2) is 50.8 Å². The Hall–Kier alpha value is -1.01. The number of nitrogens with zero attached hydrogens (tertiary/aromatic N) is 5. The minimum absolute atomic E-state index is 0.286. The van der Waals surface area contributed by atoms with E-state index in [1.165, 1.54) is 4.80 Å². The number of hydrogen-bond acceptors (Lipinski definition) is 5. The van der Waals surface area contributed by atoms with Crippen LogP contribution in [0, 0.1) is 5.41 Å².